The van der Waals surface area contributed by atoms with Crippen LogP contribution in [0.2, 0.25) is 0 Å². The molecule has 0 amide bonds. The average molecular weight is 282 g/mol. The third kappa shape index (κ3) is 4.81. The van der Waals surface area contributed by atoms with Gasteiger partial charge in [0, 0.05) is 11.7 Å². The molecule has 0 bridgehead atoms. The molecule has 2 rings (SSSR count). The zero-order chi connectivity index (χ0) is 13.6. The molecule has 1 nitrogen and oxygen atoms in total. The summed E-state index contributed by atoms with van der Waals surface area (Å²) in [6, 6.07) is 0. The van der Waals surface area contributed by atoms with Gasteiger partial charge < -0.3 is 0 Å². The van der Waals surface area contributed by atoms with Gasteiger partial charge in [0.1, 0.15) is 0 Å². The van der Waals surface area contributed by atoms with Crippen molar-refractivity contribution in [1.82, 2.24) is 0 Å². The van der Waals surface area contributed by atoms with E-state index in [1.807, 2.05) is 0 Å². The van der Waals surface area contributed by atoms with Gasteiger partial charge in [0.25, 0.3) is 0 Å². The first-order valence-electron chi connectivity index (χ1n) is 8.52. The number of hydrogen-bond donors (Lipinski definition) is 0. The van der Waals surface area contributed by atoms with E-state index in [4.69, 9.17) is 4.99 Å². The normalized spacial score (nSPS) is 21.7. The summed E-state index contributed by atoms with van der Waals surface area (Å²) in [6.07, 6.45) is 15.2. The van der Waals surface area contributed by atoms with E-state index in [1.165, 1.54) is 81.4 Å². The maximum atomic E-state index is 5.09. The number of aliphatic imine (C=N–C) groups is 1. The summed E-state index contributed by atoms with van der Waals surface area (Å²) in [6.45, 7) is 4.60. The zero-order valence-electron chi connectivity index (χ0n) is 12.9. The van der Waals surface area contributed by atoms with Gasteiger partial charge in [0.05, 0.1) is 10.6 Å². The van der Waals surface area contributed by atoms with Gasteiger partial charge >= 0.3 is 0 Å². The Bertz CT molecular complexity index is 294. The Morgan fingerprint density at radius 1 is 1.00 bits per heavy atom. The van der Waals surface area contributed by atoms with Gasteiger partial charge in [-0.3, -0.25) is 4.99 Å². The fourth-order valence-corrected chi connectivity index (χ4v) is 4.47. The maximum absolute atomic E-state index is 5.09. The van der Waals surface area contributed by atoms with Crippen molar-refractivity contribution < 1.29 is 0 Å². The van der Waals surface area contributed by atoms with E-state index < -0.39 is 0 Å². The highest BCUT2D eigenvalue weighted by atomic mass is 32.2. The van der Waals surface area contributed by atoms with Gasteiger partial charge in [-0.1, -0.05) is 58.8 Å². The van der Waals surface area contributed by atoms with Crippen molar-refractivity contribution >= 4 is 16.8 Å². The molecule has 2 aliphatic rings. The molecule has 1 atom stereocenters. The van der Waals surface area contributed by atoms with Crippen molar-refractivity contribution in [3.8, 4) is 0 Å². The third-order valence-corrected chi connectivity index (χ3v) is 5.98. The van der Waals surface area contributed by atoms with Crippen LogP contribution in [0.5, 0.6) is 0 Å². The highest BCUT2D eigenvalue weighted by Crippen LogP contribution is 2.49. The maximum Gasteiger partial charge on any atom is 0.0714 e. The smallest absolute Gasteiger partial charge is 0.0714 e. The quantitative estimate of drug-likeness (QED) is 0.459. The van der Waals surface area contributed by atoms with E-state index >= 15 is 0 Å². The third-order valence-electron chi connectivity index (χ3n) is 4.57. The van der Waals surface area contributed by atoms with Crippen molar-refractivity contribution in [3.63, 3.8) is 0 Å². The predicted molar refractivity (Wildman–Crippen MR) is 88.2 cm³/mol. The molecular formula is C17H31NS. The van der Waals surface area contributed by atoms with Gasteiger partial charge in [-0.2, -0.15) is 0 Å². The summed E-state index contributed by atoms with van der Waals surface area (Å²) >= 11 is 2.09. The van der Waals surface area contributed by atoms with Gasteiger partial charge in [-0.25, -0.2) is 0 Å². The van der Waals surface area contributed by atoms with Crippen LogP contribution in [0.1, 0.15) is 84.5 Å². The summed E-state index contributed by atoms with van der Waals surface area (Å²) in [5.74, 6) is 2.09. The molecule has 2 heteroatoms. The minimum absolute atomic E-state index is 0.437. The molecule has 1 saturated carbocycles. The molecule has 0 aromatic carbocycles. The Morgan fingerprint density at radius 2 is 1.63 bits per heavy atom. The molecule has 110 valence electrons. The molecule has 0 radical (unpaired) electrons. The minimum Gasteiger partial charge on any atom is -0.275 e. The molecule has 0 aromatic rings. The van der Waals surface area contributed by atoms with Gasteiger partial charge in [-0.15, -0.1) is 11.8 Å². The van der Waals surface area contributed by atoms with Crippen molar-refractivity contribution in [3.05, 3.63) is 0 Å². The molecule has 0 saturated heterocycles. The lowest BCUT2D eigenvalue weighted by Crippen LogP contribution is -2.10. The Kier molecular flexibility index (Phi) is 6.25. The molecule has 0 aromatic heterocycles. The topological polar surface area (TPSA) is 12.4 Å². The molecule has 0 N–H and O–H groups in total. The lowest BCUT2D eigenvalue weighted by atomic mass is 9.95. The predicted octanol–water partition coefficient (Wildman–Crippen LogP) is 5.83. The molecule has 1 aliphatic carbocycles. The Labute approximate surface area is 124 Å². The number of hydrogen-bond acceptors (Lipinski definition) is 2. The molecule has 1 heterocycles. The monoisotopic (exact) mass is 281 g/mol. The summed E-state index contributed by atoms with van der Waals surface area (Å²) in [4.78, 5) is 5.09. The standard InChI is InChI=1S/C17H31NS/c1-3-5-7-9-11-15(10-8-6-4-2)16-18-17(12-13-17)14-19-16/h15H,3-14H2,1-2H3. The largest absolute Gasteiger partial charge is 0.275 e. The van der Waals surface area contributed by atoms with Crippen LogP contribution in [0.3, 0.4) is 0 Å². The highest BCUT2D eigenvalue weighted by Gasteiger charge is 2.47. The average Bonchev–Trinajstić information content (AvgIpc) is 3.03. The van der Waals surface area contributed by atoms with Crippen LogP contribution in [0, 0.1) is 5.92 Å². The summed E-state index contributed by atoms with van der Waals surface area (Å²) in [5, 5.41) is 1.53. The zero-order valence-corrected chi connectivity index (χ0v) is 13.7. The van der Waals surface area contributed by atoms with Crippen molar-refractivity contribution in [1.29, 1.82) is 0 Å². The first-order chi connectivity index (χ1) is 9.29. The molecule has 1 fully saturated rings. The SMILES string of the molecule is CCCCCCC(CCCCC)C1=NC2(CC2)CS1. The minimum atomic E-state index is 0.437. The van der Waals surface area contributed by atoms with Crippen LogP contribution in [0.25, 0.3) is 0 Å². The van der Waals surface area contributed by atoms with Gasteiger partial charge in [-0.05, 0) is 25.7 Å². The summed E-state index contributed by atoms with van der Waals surface area (Å²) < 4.78 is 0. The lowest BCUT2D eigenvalue weighted by Gasteiger charge is -2.16. The number of unbranched alkanes of at least 4 members (excludes halogenated alkanes) is 5. The van der Waals surface area contributed by atoms with Crippen LogP contribution in [0.15, 0.2) is 4.99 Å². The van der Waals surface area contributed by atoms with Crippen LogP contribution in [-0.2, 0) is 0 Å². The van der Waals surface area contributed by atoms with Crippen LogP contribution < -0.4 is 0 Å². The number of thioether (sulfide) groups is 1. The first kappa shape index (κ1) is 15.4. The van der Waals surface area contributed by atoms with Crippen LogP contribution >= 0.6 is 11.8 Å². The molecule has 1 aliphatic heterocycles. The van der Waals surface area contributed by atoms with Crippen LogP contribution in [0.4, 0.5) is 0 Å². The van der Waals surface area contributed by atoms with E-state index in [9.17, 15) is 0 Å². The van der Waals surface area contributed by atoms with Crippen molar-refractivity contribution in [2.45, 2.75) is 90.0 Å². The van der Waals surface area contributed by atoms with E-state index in [-0.39, 0.29) is 0 Å². The van der Waals surface area contributed by atoms with E-state index in [1.54, 1.807) is 0 Å². The van der Waals surface area contributed by atoms with E-state index in [2.05, 4.69) is 25.6 Å². The second-order valence-electron chi connectivity index (χ2n) is 6.51. The van der Waals surface area contributed by atoms with Gasteiger partial charge in [0.2, 0.25) is 0 Å². The van der Waals surface area contributed by atoms with Crippen LogP contribution in [-0.4, -0.2) is 16.3 Å². The molecule has 1 spiro atoms. The van der Waals surface area contributed by atoms with Crippen molar-refractivity contribution in [2.75, 3.05) is 5.75 Å². The lowest BCUT2D eigenvalue weighted by molar-refractivity contribution is 0.501. The Morgan fingerprint density at radius 3 is 2.21 bits per heavy atom. The fourth-order valence-electron chi connectivity index (χ4n) is 2.97. The van der Waals surface area contributed by atoms with E-state index in [0.717, 1.165) is 5.92 Å². The Balaban J connectivity index is 1.79. The van der Waals surface area contributed by atoms with Gasteiger partial charge in [0.15, 0.2) is 0 Å². The molecular weight excluding hydrogens is 250 g/mol. The molecule has 19 heavy (non-hydrogen) atoms. The highest BCUT2D eigenvalue weighted by molar-refractivity contribution is 8.14. The summed E-state index contributed by atoms with van der Waals surface area (Å²) in [7, 11) is 0. The fraction of sp³-hybridized carbons (Fsp3) is 0.941. The number of rotatable bonds is 10. The van der Waals surface area contributed by atoms with Crippen molar-refractivity contribution in [2.24, 2.45) is 10.9 Å². The van der Waals surface area contributed by atoms with E-state index in [0.29, 0.717) is 5.54 Å². The second kappa shape index (κ2) is 7.71. The second-order valence-corrected chi connectivity index (χ2v) is 7.50. The molecule has 1 unspecified atom stereocenters. The first-order valence-corrected chi connectivity index (χ1v) is 9.51. The number of nitrogens with zero attached hydrogens (tertiary/aromatic N) is 1. The summed E-state index contributed by atoms with van der Waals surface area (Å²) in [5.41, 5.74) is 0.437. The Hall–Kier alpha value is 0.0200.